The van der Waals surface area contributed by atoms with E-state index in [9.17, 15) is 0 Å². The number of hydrogen-bond donors (Lipinski definition) is 0. The zero-order valence-corrected chi connectivity index (χ0v) is 15.0. The number of hydrogen-bond acceptors (Lipinski definition) is 0. The van der Waals surface area contributed by atoms with Crippen LogP contribution in [-0.2, 0) is 6.42 Å². The number of halogens is 2. The predicted molar refractivity (Wildman–Crippen MR) is 93.8 cm³/mol. The SMILES string of the molecule is [Cl][Ge]([Cl])([c]1cccc2c1Cc1ccccc1-2)[CH]1C=CC=C1. The summed E-state index contributed by atoms with van der Waals surface area (Å²) in [6, 6.07) is 15.0. The van der Waals surface area contributed by atoms with E-state index in [4.69, 9.17) is 20.0 Å². The Hall–Kier alpha value is -0.957. The molecular formula is C18H14Cl2Ge. The van der Waals surface area contributed by atoms with Crippen molar-refractivity contribution < 1.29 is 0 Å². The Morgan fingerprint density at radius 1 is 0.857 bits per heavy atom. The molecule has 0 N–H and O–H groups in total. The van der Waals surface area contributed by atoms with Crippen LogP contribution in [0.5, 0.6) is 0 Å². The normalized spacial score (nSPS) is 16.3. The van der Waals surface area contributed by atoms with E-state index in [-0.39, 0.29) is 4.75 Å². The van der Waals surface area contributed by atoms with Gasteiger partial charge in [-0.25, -0.2) is 0 Å². The van der Waals surface area contributed by atoms with Crippen molar-refractivity contribution in [3.63, 3.8) is 0 Å². The van der Waals surface area contributed by atoms with Crippen LogP contribution >= 0.6 is 20.0 Å². The molecule has 21 heavy (non-hydrogen) atoms. The summed E-state index contributed by atoms with van der Waals surface area (Å²) < 4.78 is 1.43. The zero-order chi connectivity index (χ0) is 14.4. The molecule has 3 heteroatoms. The molecule has 0 amide bonds. The summed E-state index contributed by atoms with van der Waals surface area (Å²) in [5.41, 5.74) is 5.37. The average molecular weight is 374 g/mol. The van der Waals surface area contributed by atoms with Crippen LogP contribution in [0.25, 0.3) is 11.1 Å². The summed E-state index contributed by atoms with van der Waals surface area (Å²) in [7, 11) is 13.9. The summed E-state index contributed by atoms with van der Waals surface area (Å²) in [6.07, 6.45) is 9.33. The van der Waals surface area contributed by atoms with Gasteiger partial charge in [-0.15, -0.1) is 0 Å². The molecule has 0 unspecified atom stereocenters. The quantitative estimate of drug-likeness (QED) is 0.561. The van der Waals surface area contributed by atoms with Gasteiger partial charge in [0.15, 0.2) is 0 Å². The second-order valence-electron chi connectivity index (χ2n) is 5.58. The van der Waals surface area contributed by atoms with Crippen molar-refractivity contribution in [3.05, 3.63) is 77.9 Å². The fraction of sp³-hybridized carbons (Fsp3) is 0.111. The molecule has 0 fully saturated rings. The molecule has 2 aliphatic rings. The summed E-state index contributed by atoms with van der Waals surface area (Å²) >= 11 is -3.15. The van der Waals surface area contributed by atoms with Crippen LogP contribution in [0.4, 0.5) is 0 Å². The second-order valence-corrected chi connectivity index (χ2v) is 17.9. The van der Waals surface area contributed by atoms with Gasteiger partial charge in [-0.1, -0.05) is 0 Å². The molecule has 2 aromatic rings. The third-order valence-electron chi connectivity index (χ3n) is 4.38. The summed E-state index contributed by atoms with van der Waals surface area (Å²) in [4.78, 5) is 0. The molecule has 0 radical (unpaired) electrons. The Bertz CT molecular complexity index is 763. The van der Waals surface area contributed by atoms with Crippen molar-refractivity contribution in [3.8, 4) is 11.1 Å². The number of benzene rings is 2. The minimum absolute atomic E-state index is 0.212. The van der Waals surface area contributed by atoms with Crippen LogP contribution in [0.2, 0.25) is 4.75 Å². The Kier molecular flexibility index (Phi) is 3.29. The monoisotopic (exact) mass is 374 g/mol. The van der Waals surface area contributed by atoms with Crippen molar-refractivity contribution in [2.75, 3.05) is 0 Å². The number of fused-ring (bicyclic) bond motifs is 3. The molecular weight excluding hydrogens is 360 g/mol. The Labute approximate surface area is 135 Å². The topological polar surface area (TPSA) is 0 Å². The molecule has 0 bridgehead atoms. The van der Waals surface area contributed by atoms with Gasteiger partial charge < -0.3 is 0 Å². The predicted octanol–water partition coefficient (Wildman–Crippen LogP) is 4.88. The molecule has 4 rings (SSSR count). The third-order valence-corrected chi connectivity index (χ3v) is 14.2. The van der Waals surface area contributed by atoms with Crippen molar-refractivity contribution in [1.82, 2.24) is 0 Å². The van der Waals surface area contributed by atoms with Gasteiger partial charge in [-0.2, -0.15) is 0 Å². The van der Waals surface area contributed by atoms with E-state index in [1.165, 1.54) is 26.6 Å². The molecule has 0 aromatic heterocycles. The number of rotatable bonds is 2. The van der Waals surface area contributed by atoms with Crippen LogP contribution < -0.4 is 4.40 Å². The Morgan fingerprint density at radius 3 is 2.38 bits per heavy atom. The summed E-state index contributed by atoms with van der Waals surface area (Å²) in [5, 5.41) is 0. The minimum atomic E-state index is -3.15. The van der Waals surface area contributed by atoms with E-state index in [1.54, 1.807) is 0 Å². The van der Waals surface area contributed by atoms with E-state index in [0.717, 1.165) is 6.42 Å². The molecule has 0 atom stereocenters. The van der Waals surface area contributed by atoms with Crippen molar-refractivity contribution in [2.45, 2.75) is 11.2 Å². The third kappa shape index (κ3) is 2.12. The second kappa shape index (κ2) is 5.05. The van der Waals surface area contributed by atoms with E-state index in [2.05, 4.69) is 54.6 Å². The molecule has 0 heterocycles. The van der Waals surface area contributed by atoms with Crippen molar-refractivity contribution in [2.24, 2.45) is 0 Å². The van der Waals surface area contributed by atoms with Gasteiger partial charge in [0.05, 0.1) is 0 Å². The molecule has 0 saturated heterocycles. The van der Waals surface area contributed by atoms with Gasteiger partial charge in [0.1, 0.15) is 0 Å². The molecule has 2 aliphatic carbocycles. The van der Waals surface area contributed by atoms with Gasteiger partial charge in [-0.05, 0) is 0 Å². The molecule has 2 aromatic carbocycles. The zero-order valence-electron chi connectivity index (χ0n) is 11.4. The van der Waals surface area contributed by atoms with Crippen LogP contribution in [0.3, 0.4) is 0 Å². The first-order chi connectivity index (χ1) is 10.2. The van der Waals surface area contributed by atoms with Gasteiger partial charge in [-0.3, -0.25) is 0 Å². The van der Waals surface area contributed by atoms with Crippen LogP contribution in [0.1, 0.15) is 11.1 Å². The standard InChI is InChI=1S/C18H14Cl2Ge/c19-21(20,14-7-2-3-8-14)18-11-5-10-16-15-9-4-1-6-13(15)12-17(16)18/h1-11,14H,12H2. The van der Waals surface area contributed by atoms with Gasteiger partial charge in [0.25, 0.3) is 0 Å². The number of allylic oxidation sites excluding steroid dienone is 4. The summed E-state index contributed by atoms with van der Waals surface area (Å²) in [5.74, 6) is 0. The van der Waals surface area contributed by atoms with Crippen LogP contribution in [-0.4, -0.2) is 11.4 Å². The van der Waals surface area contributed by atoms with E-state index in [0.29, 0.717) is 0 Å². The first-order valence-corrected chi connectivity index (χ1v) is 14.9. The Morgan fingerprint density at radius 2 is 1.57 bits per heavy atom. The molecule has 104 valence electrons. The van der Waals surface area contributed by atoms with Crippen LogP contribution in [0, 0.1) is 0 Å². The molecule has 0 nitrogen and oxygen atoms in total. The molecule has 0 spiro atoms. The fourth-order valence-corrected chi connectivity index (χ4v) is 10.9. The van der Waals surface area contributed by atoms with Gasteiger partial charge in [0, 0.05) is 0 Å². The maximum absolute atomic E-state index is 6.94. The fourth-order valence-electron chi connectivity index (χ4n) is 3.32. The van der Waals surface area contributed by atoms with E-state index >= 15 is 0 Å². The van der Waals surface area contributed by atoms with E-state index < -0.39 is 11.4 Å². The first-order valence-electron chi connectivity index (χ1n) is 7.11. The van der Waals surface area contributed by atoms with E-state index in [1.807, 2.05) is 12.2 Å². The van der Waals surface area contributed by atoms with Crippen molar-refractivity contribution >= 4 is 35.8 Å². The summed E-state index contributed by atoms with van der Waals surface area (Å²) in [6.45, 7) is 0. The van der Waals surface area contributed by atoms with Gasteiger partial charge >= 0.3 is 136 Å². The van der Waals surface area contributed by atoms with Crippen molar-refractivity contribution in [1.29, 1.82) is 0 Å². The maximum atomic E-state index is 6.94. The molecule has 0 aliphatic heterocycles. The first kappa shape index (κ1) is 13.7. The van der Waals surface area contributed by atoms with Gasteiger partial charge in [0.2, 0.25) is 0 Å². The Balaban J connectivity index is 1.87. The van der Waals surface area contributed by atoms with Crippen LogP contribution in [0.15, 0.2) is 66.8 Å². The molecule has 0 saturated carbocycles. The average Bonchev–Trinajstić information content (AvgIpc) is 3.14.